The second-order valence-corrected chi connectivity index (χ2v) is 19.5. The molecular weight excluding hydrogens is 611 g/mol. The maximum atomic E-state index is 14.5. The summed E-state index contributed by atoms with van der Waals surface area (Å²) in [6.07, 6.45) is 2.45. The summed E-state index contributed by atoms with van der Waals surface area (Å²) >= 11 is 0. The standard InChI is InChI=1S/C41H43N3O3Si/c1-40(2,3)48(4,5)47-27-29-26-34-37(36-35(29)38(45)44(39(36)46)33-24-16-9-17-25-33)42-28-43(34)41(30-18-10-6-11-19-30,31-20-12-7-13-21-31)32-22-14-8-15-23-32/h6-25,28-29,35-36H,26-27H2,1-5H3/t29-,35+,36+/m1/s1. The lowest BCUT2D eigenvalue weighted by Crippen LogP contribution is -2.45. The van der Waals surface area contributed by atoms with E-state index < -0.39 is 25.7 Å². The number of aromatic nitrogens is 2. The summed E-state index contributed by atoms with van der Waals surface area (Å²) in [6, 6.07) is 40.8. The number of imidazole rings is 1. The molecule has 5 aromatic rings. The fourth-order valence-electron chi connectivity index (χ4n) is 7.45. The van der Waals surface area contributed by atoms with E-state index in [9.17, 15) is 9.59 Å². The molecule has 0 saturated carbocycles. The van der Waals surface area contributed by atoms with Crippen molar-refractivity contribution in [3.63, 3.8) is 0 Å². The lowest BCUT2D eigenvalue weighted by atomic mass is 9.72. The molecule has 1 aliphatic heterocycles. The zero-order valence-corrected chi connectivity index (χ0v) is 29.3. The van der Waals surface area contributed by atoms with Gasteiger partial charge in [-0.15, -0.1) is 0 Å². The first-order valence-corrected chi connectivity index (χ1v) is 19.8. The maximum Gasteiger partial charge on any atom is 0.243 e. The van der Waals surface area contributed by atoms with E-state index in [1.54, 1.807) is 0 Å². The van der Waals surface area contributed by atoms with Gasteiger partial charge in [0.05, 0.1) is 29.5 Å². The molecule has 0 radical (unpaired) electrons. The molecule has 2 amide bonds. The highest BCUT2D eigenvalue weighted by Crippen LogP contribution is 2.50. The molecule has 1 saturated heterocycles. The molecule has 1 fully saturated rings. The third-order valence-electron chi connectivity index (χ3n) is 10.9. The van der Waals surface area contributed by atoms with E-state index in [-0.39, 0.29) is 22.8 Å². The van der Waals surface area contributed by atoms with Crippen LogP contribution >= 0.6 is 0 Å². The number of hydrogen-bond acceptors (Lipinski definition) is 4. The molecule has 244 valence electrons. The van der Waals surface area contributed by atoms with Crippen LogP contribution in [-0.2, 0) is 26.0 Å². The molecule has 0 N–H and O–H groups in total. The Morgan fingerprint density at radius 3 is 1.69 bits per heavy atom. The molecule has 0 spiro atoms. The predicted molar refractivity (Wildman–Crippen MR) is 192 cm³/mol. The number of amides is 2. The van der Waals surface area contributed by atoms with Crippen molar-refractivity contribution in [2.24, 2.45) is 11.8 Å². The van der Waals surface area contributed by atoms with E-state index in [0.29, 0.717) is 24.4 Å². The second-order valence-electron chi connectivity index (χ2n) is 14.6. The van der Waals surface area contributed by atoms with Gasteiger partial charge in [0, 0.05) is 12.3 Å². The van der Waals surface area contributed by atoms with Crippen LogP contribution < -0.4 is 4.90 Å². The molecule has 4 aromatic carbocycles. The molecule has 48 heavy (non-hydrogen) atoms. The quantitative estimate of drug-likeness (QED) is 0.0963. The van der Waals surface area contributed by atoms with E-state index in [1.165, 1.54) is 4.90 Å². The normalized spacial score (nSPS) is 19.7. The van der Waals surface area contributed by atoms with Crippen LogP contribution in [0.1, 0.15) is 54.8 Å². The molecule has 2 heterocycles. The van der Waals surface area contributed by atoms with Crippen molar-refractivity contribution in [1.29, 1.82) is 0 Å². The topological polar surface area (TPSA) is 64.4 Å². The van der Waals surface area contributed by atoms with Gasteiger partial charge in [-0.1, -0.05) is 130 Å². The number of fused-ring (bicyclic) bond motifs is 3. The number of carbonyl (C=O) groups is 2. The van der Waals surface area contributed by atoms with Crippen LogP contribution in [0.25, 0.3) is 0 Å². The van der Waals surface area contributed by atoms with Gasteiger partial charge in [-0.05, 0) is 59.3 Å². The third kappa shape index (κ3) is 5.08. The Balaban J connectivity index is 1.45. The Bertz CT molecular complexity index is 1820. The first-order valence-electron chi connectivity index (χ1n) is 16.9. The van der Waals surface area contributed by atoms with Crippen LogP contribution in [0.4, 0.5) is 5.69 Å². The van der Waals surface area contributed by atoms with Gasteiger partial charge in [-0.3, -0.25) is 9.59 Å². The van der Waals surface area contributed by atoms with Crippen LogP contribution in [0, 0.1) is 11.8 Å². The number of anilines is 1. The maximum absolute atomic E-state index is 14.5. The van der Waals surface area contributed by atoms with Gasteiger partial charge in [-0.25, -0.2) is 9.88 Å². The summed E-state index contributed by atoms with van der Waals surface area (Å²) in [7, 11) is -2.17. The van der Waals surface area contributed by atoms with Crippen LogP contribution in [0.3, 0.4) is 0 Å². The van der Waals surface area contributed by atoms with Crippen molar-refractivity contribution in [2.75, 3.05) is 11.5 Å². The third-order valence-corrected chi connectivity index (χ3v) is 15.4. The van der Waals surface area contributed by atoms with Gasteiger partial charge in [0.25, 0.3) is 0 Å². The molecule has 2 aliphatic rings. The molecule has 1 aliphatic carbocycles. The van der Waals surface area contributed by atoms with E-state index in [1.807, 2.05) is 54.9 Å². The van der Waals surface area contributed by atoms with Crippen molar-refractivity contribution < 1.29 is 14.0 Å². The lowest BCUT2D eigenvalue weighted by Gasteiger charge is -2.41. The van der Waals surface area contributed by atoms with Gasteiger partial charge in [0.1, 0.15) is 5.54 Å². The zero-order chi connectivity index (χ0) is 33.7. The number of rotatable bonds is 8. The van der Waals surface area contributed by atoms with Crippen LogP contribution in [0.2, 0.25) is 18.1 Å². The SMILES string of the molecule is CC(C)(C)[Si](C)(C)OC[C@H]1Cc2c(ncn2C(c2ccccc2)(c2ccccc2)c2ccccc2)[C@H]2C(=O)N(c3ccccc3)C(=O)[C@@H]12. The molecule has 0 bridgehead atoms. The van der Waals surface area contributed by atoms with Crippen molar-refractivity contribution in [3.05, 3.63) is 156 Å². The van der Waals surface area contributed by atoms with E-state index in [2.05, 4.69) is 111 Å². The zero-order valence-electron chi connectivity index (χ0n) is 28.3. The molecule has 7 rings (SSSR count). The number of carbonyl (C=O) groups excluding carboxylic acids is 2. The summed E-state index contributed by atoms with van der Waals surface area (Å²) in [5.74, 6) is -1.85. The Morgan fingerprint density at radius 2 is 1.21 bits per heavy atom. The van der Waals surface area contributed by atoms with Crippen molar-refractivity contribution in [1.82, 2.24) is 9.55 Å². The first-order chi connectivity index (χ1) is 23.1. The Morgan fingerprint density at radius 1 is 0.729 bits per heavy atom. The Hall–Kier alpha value is -4.59. The highest BCUT2D eigenvalue weighted by atomic mass is 28.4. The minimum absolute atomic E-state index is 0.00264. The highest BCUT2D eigenvalue weighted by molar-refractivity contribution is 6.74. The molecule has 0 unspecified atom stereocenters. The monoisotopic (exact) mass is 653 g/mol. The van der Waals surface area contributed by atoms with Crippen LogP contribution in [0.15, 0.2) is 128 Å². The van der Waals surface area contributed by atoms with Gasteiger partial charge >= 0.3 is 0 Å². The van der Waals surface area contributed by atoms with Crippen LogP contribution in [0.5, 0.6) is 0 Å². The number of imide groups is 1. The highest BCUT2D eigenvalue weighted by Gasteiger charge is 2.57. The number of benzene rings is 4. The minimum atomic E-state index is -2.17. The largest absolute Gasteiger partial charge is 0.417 e. The van der Waals surface area contributed by atoms with Crippen molar-refractivity contribution in [3.8, 4) is 0 Å². The van der Waals surface area contributed by atoms with Crippen molar-refractivity contribution >= 4 is 25.8 Å². The number of hydrogen-bond donors (Lipinski definition) is 0. The molecular formula is C41H43N3O3Si. The molecule has 7 heteroatoms. The predicted octanol–water partition coefficient (Wildman–Crippen LogP) is 8.19. The molecule has 6 nitrogen and oxygen atoms in total. The smallest absolute Gasteiger partial charge is 0.243 e. The fraction of sp³-hybridized carbons (Fsp3) is 0.293. The average molecular weight is 654 g/mol. The first kappa shape index (κ1) is 32.0. The summed E-state index contributed by atoms with van der Waals surface area (Å²) in [5, 5.41) is 0.00264. The molecule has 1 aromatic heterocycles. The van der Waals surface area contributed by atoms with Crippen LogP contribution in [-0.4, -0.2) is 36.3 Å². The summed E-state index contributed by atoms with van der Waals surface area (Å²) < 4.78 is 9.14. The Labute approximate surface area is 284 Å². The fourth-order valence-corrected chi connectivity index (χ4v) is 8.51. The molecule has 3 atom stereocenters. The number of para-hydroxylation sites is 1. The number of nitrogens with zero attached hydrogens (tertiary/aromatic N) is 3. The average Bonchev–Trinajstić information content (AvgIpc) is 3.63. The van der Waals surface area contributed by atoms with Gasteiger partial charge < -0.3 is 8.99 Å². The summed E-state index contributed by atoms with van der Waals surface area (Å²) in [5.41, 5.74) is 4.71. The van der Waals surface area contributed by atoms with Crippen molar-refractivity contribution in [2.45, 2.75) is 56.8 Å². The second kappa shape index (κ2) is 12.1. The van der Waals surface area contributed by atoms with Gasteiger partial charge in [-0.2, -0.15) is 0 Å². The van der Waals surface area contributed by atoms with Gasteiger partial charge in [0.15, 0.2) is 8.32 Å². The summed E-state index contributed by atoms with van der Waals surface area (Å²) in [6.45, 7) is 11.6. The lowest BCUT2D eigenvalue weighted by molar-refractivity contribution is -0.123. The van der Waals surface area contributed by atoms with Gasteiger partial charge in [0.2, 0.25) is 11.8 Å². The van der Waals surface area contributed by atoms with E-state index in [4.69, 9.17) is 9.41 Å². The van der Waals surface area contributed by atoms with E-state index >= 15 is 0 Å². The minimum Gasteiger partial charge on any atom is -0.417 e. The summed E-state index contributed by atoms with van der Waals surface area (Å²) in [4.78, 5) is 35.4. The van der Waals surface area contributed by atoms with E-state index in [0.717, 1.165) is 22.4 Å². The Kier molecular flexibility index (Phi) is 8.08.